The minimum absolute atomic E-state index is 0.185. The van der Waals surface area contributed by atoms with E-state index in [0.717, 1.165) is 23.5 Å². The van der Waals surface area contributed by atoms with Crippen LogP contribution in [0, 0.1) is 6.92 Å². The van der Waals surface area contributed by atoms with Gasteiger partial charge in [0.15, 0.2) is 0 Å². The molecule has 1 atom stereocenters. The standard InChI is InChI=1S/C16H19NO/c1-12-10-14(11-13(2)17)8-9-16(12)18-15-6-4-3-5-7-15/h3-10,13H,11,17H2,1-2H3. The maximum absolute atomic E-state index is 5.84. The van der Waals surface area contributed by atoms with E-state index in [9.17, 15) is 0 Å². The molecular formula is C16H19NO. The molecule has 2 aromatic rings. The molecule has 0 aromatic heterocycles. The van der Waals surface area contributed by atoms with E-state index >= 15 is 0 Å². The maximum atomic E-state index is 5.84. The van der Waals surface area contributed by atoms with Crippen molar-refractivity contribution >= 4 is 0 Å². The van der Waals surface area contributed by atoms with Gasteiger partial charge in [-0.3, -0.25) is 0 Å². The van der Waals surface area contributed by atoms with Crippen molar-refractivity contribution in [3.8, 4) is 11.5 Å². The van der Waals surface area contributed by atoms with Crippen LogP contribution in [0.2, 0.25) is 0 Å². The van der Waals surface area contributed by atoms with Gasteiger partial charge in [0.25, 0.3) is 0 Å². The normalized spacial score (nSPS) is 12.2. The number of para-hydroxylation sites is 1. The molecule has 0 heterocycles. The van der Waals surface area contributed by atoms with E-state index in [4.69, 9.17) is 10.5 Å². The third-order valence-electron chi connectivity index (χ3n) is 2.77. The summed E-state index contributed by atoms with van der Waals surface area (Å²) in [5, 5.41) is 0. The topological polar surface area (TPSA) is 35.2 Å². The number of hydrogen-bond donors (Lipinski definition) is 1. The van der Waals surface area contributed by atoms with Gasteiger partial charge in [0.05, 0.1) is 0 Å². The largest absolute Gasteiger partial charge is 0.457 e. The predicted octanol–water partition coefficient (Wildman–Crippen LogP) is 3.68. The molecule has 0 fully saturated rings. The zero-order chi connectivity index (χ0) is 13.0. The Morgan fingerprint density at radius 3 is 2.44 bits per heavy atom. The predicted molar refractivity (Wildman–Crippen MR) is 75.0 cm³/mol. The van der Waals surface area contributed by atoms with Crippen molar-refractivity contribution in [3.05, 3.63) is 59.7 Å². The maximum Gasteiger partial charge on any atom is 0.130 e. The number of benzene rings is 2. The molecule has 0 saturated heterocycles. The third-order valence-corrected chi connectivity index (χ3v) is 2.77. The number of nitrogens with two attached hydrogens (primary N) is 1. The van der Waals surface area contributed by atoms with Crippen LogP contribution in [-0.2, 0) is 6.42 Å². The molecule has 94 valence electrons. The lowest BCUT2D eigenvalue weighted by atomic mass is 10.0. The fourth-order valence-electron chi connectivity index (χ4n) is 1.94. The van der Waals surface area contributed by atoms with Crippen LogP contribution in [0.3, 0.4) is 0 Å². The lowest BCUT2D eigenvalue weighted by molar-refractivity contribution is 0.478. The fourth-order valence-corrected chi connectivity index (χ4v) is 1.94. The Bertz CT molecular complexity index is 506. The summed E-state index contributed by atoms with van der Waals surface area (Å²) in [6, 6.07) is 16.2. The average molecular weight is 241 g/mol. The van der Waals surface area contributed by atoms with Gasteiger partial charge in [0.2, 0.25) is 0 Å². The second-order valence-corrected chi connectivity index (χ2v) is 4.70. The summed E-state index contributed by atoms with van der Waals surface area (Å²) in [6.07, 6.45) is 0.895. The van der Waals surface area contributed by atoms with E-state index in [1.165, 1.54) is 5.56 Å². The highest BCUT2D eigenvalue weighted by molar-refractivity contribution is 5.39. The first-order chi connectivity index (χ1) is 8.65. The Hall–Kier alpha value is -1.80. The highest BCUT2D eigenvalue weighted by Gasteiger charge is 2.04. The molecule has 1 unspecified atom stereocenters. The van der Waals surface area contributed by atoms with Gasteiger partial charge in [0, 0.05) is 6.04 Å². The number of rotatable bonds is 4. The molecule has 0 aliphatic carbocycles. The molecule has 18 heavy (non-hydrogen) atoms. The Balaban J connectivity index is 2.15. The van der Waals surface area contributed by atoms with Crippen molar-refractivity contribution in [2.75, 3.05) is 0 Å². The zero-order valence-electron chi connectivity index (χ0n) is 10.9. The second-order valence-electron chi connectivity index (χ2n) is 4.70. The minimum Gasteiger partial charge on any atom is -0.457 e. The quantitative estimate of drug-likeness (QED) is 0.886. The van der Waals surface area contributed by atoms with Gasteiger partial charge < -0.3 is 10.5 Å². The Morgan fingerprint density at radius 1 is 1.11 bits per heavy atom. The van der Waals surface area contributed by atoms with Gasteiger partial charge in [0.1, 0.15) is 11.5 Å². The van der Waals surface area contributed by atoms with Gasteiger partial charge in [-0.25, -0.2) is 0 Å². The van der Waals surface area contributed by atoms with Crippen LogP contribution in [0.4, 0.5) is 0 Å². The molecule has 2 rings (SSSR count). The van der Waals surface area contributed by atoms with E-state index in [-0.39, 0.29) is 6.04 Å². The van der Waals surface area contributed by atoms with Crippen molar-refractivity contribution in [2.24, 2.45) is 5.73 Å². The first-order valence-corrected chi connectivity index (χ1v) is 6.23. The summed E-state index contributed by atoms with van der Waals surface area (Å²) < 4.78 is 5.84. The van der Waals surface area contributed by atoms with Gasteiger partial charge >= 0.3 is 0 Å². The van der Waals surface area contributed by atoms with Crippen LogP contribution in [0.15, 0.2) is 48.5 Å². The van der Waals surface area contributed by atoms with Gasteiger partial charge in [-0.1, -0.05) is 30.3 Å². The van der Waals surface area contributed by atoms with E-state index in [1.54, 1.807) is 0 Å². The van der Waals surface area contributed by atoms with E-state index < -0.39 is 0 Å². The molecule has 0 saturated carbocycles. The molecule has 2 heteroatoms. The van der Waals surface area contributed by atoms with Gasteiger partial charge in [-0.15, -0.1) is 0 Å². The van der Waals surface area contributed by atoms with E-state index in [1.807, 2.05) is 43.3 Å². The van der Waals surface area contributed by atoms with Crippen molar-refractivity contribution in [3.63, 3.8) is 0 Å². The van der Waals surface area contributed by atoms with Crippen LogP contribution < -0.4 is 10.5 Å². The second kappa shape index (κ2) is 5.69. The monoisotopic (exact) mass is 241 g/mol. The molecule has 0 amide bonds. The lowest BCUT2D eigenvalue weighted by Gasteiger charge is -2.11. The molecule has 0 spiro atoms. The van der Waals surface area contributed by atoms with Gasteiger partial charge in [-0.2, -0.15) is 0 Å². The van der Waals surface area contributed by atoms with Crippen molar-refractivity contribution in [1.29, 1.82) is 0 Å². The highest BCUT2D eigenvalue weighted by Crippen LogP contribution is 2.25. The molecular weight excluding hydrogens is 222 g/mol. The van der Waals surface area contributed by atoms with Crippen molar-refractivity contribution < 1.29 is 4.74 Å². The van der Waals surface area contributed by atoms with Crippen LogP contribution in [0.25, 0.3) is 0 Å². The summed E-state index contributed by atoms with van der Waals surface area (Å²) in [5.41, 5.74) is 8.19. The van der Waals surface area contributed by atoms with Crippen LogP contribution >= 0.6 is 0 Å². The first-order valence-electron chi connectivity index (χ1n) is 6.23. The number of ether oxygens (including phenoxy) is 1. The first kappa shape index (κ1) is 12.7. The molecule has 0 aliphatic heterocycles. The van der Waals surface area contributed by atoms with Crippen molar-refractivity contribution in [1.82, 2.24) is 0 Å². The number of aryl methyl sites for hydroxylation is 1. The molecule has 2 N–H and O–H groups in total. The average Bonchev–Trinajstić information content (AvgIpc) is 2.33. The SMILES string of the molecule is Cc1cc(CC(C)N)ccc1Oc1ccccc1. The Kier molecular flexibility index (Phi) is 4.00. The van der Waals surface area contributed by atoms with Crippen LogP contribution in [0.5, 0.6) is 11.5 Å². The minimum atomic E-state index is 0.185. The molecule has 0 radical (unpaired) electrons. The Morgan fingerprint density at radius 2 is 1.83 bits per heavy atom. The smallest absolute Gasteiger partial charge is 0.130 e. The highest BCUT2D eigenvalue weighted by atomic mass is 16.5. The van der Waals surface area contributed by atoms with Crippen LogP contribution in [0.1, 0.15) is 18.1 Å². The molecule has 0 aliphatic rings. The van der Waals surface area contributed by atoms with Gasteiger partial charge in [-0.05, 0) is 49.6 Å². The summed E-state index contributed by atoms with van der Waals surface area (Å²) >= 11 is 0. The molecule has 2 aromatic carbocycles. The lowest BCUT2D eigenvalue weighted by Crippen LogP contribution is -2.17. The summed E-state index contributed by atoms with van der Waals surface area (Å²) in [4.78, 5) is 0. The summed E-state index contributed by atoms with van der Waals surface area (Å²) in [7, 11) is 0. The molecule has 0 bridgehead atoms. The summed E-state index contributed by atoms with van der Waals surface area (Å²) in [5.74, 6) is 1.76. The fraction of sp³-hybridized carbons (Fsp3) is 0.250. The van der Waals surface area contributed by atoms with Crippen LogP contribution in [-0.4, -0.2) is 6.04 Å². The summed E-state index contributed by atoms with van der Waals surface area (Å²) in [6.45, 7) is 4.08. The third kappa shape index (κ3) is 3.34. The van der Waals surface area contributed by atoms with Crippen molar-refractivity contribution in [2.45, 2.75) is 26.3 Å². The van der Waals surface area contributed by atoms with E-state index in [2.05, 4.69) is 19.1 Å². The number of hydrogen-bond acceptors (Lipinski definition) is 2. The Labute approximate surface area is 108 Å². The molecule has 2 nitrogen and oxygen atoms in total. The van der Waals surface area contributed by atoms with E-state index in [0.29, 0.717) is 0 Å². The zero-order valence-corrected chi connectivity index (χ0v) is 10.9.